The van der Waals surface area contributed by atoms with Crippen LogP contribution in [0.1, 0.15) is 27.2 Å². The smallest absolute Gasteiger partial charge is 0.303 e. The van der Waals surface area contributed by atoms with Crippen LogP contribution >= 0.6 is 0 Å². The molecule has 0 bridgehead atoms. The van der Waals surface area contributed by atoms with Gasteiger partial charge in [0.25, 0.3) is 0 Å². The molecule has 0 aromatic rings. The minimum absolute atomic E-state index is 0.136. The highest BCUT2D eigenvalue weighted by Crippen LogP contribution is 2.09. The number of ketones is 1. The number of hydrogen-bond donors (Lipinski definition) is 0. The van der Waals surface area contributed by atoms with E-state index in [1.165, 1.54) is 13.8 Å². The summed E-state index contributed by atoms with van der Waals surface area (Å²) in [6, 6.07) is 0. The third-order valence-electron chi connectivity index (χ3n) is 1.52. The molecule has 0 saturated carbocycles. The Morgan fingerprint density at radius 2 is 1.92 bits per heavy atom. The van der Waals surface area contributed by atoms with E-state index in [0.29, 0.717) is 12.0 Å². The number of carbonyl (C=O) groups excluding carboxylic acids is 2. The van der Waals surface area contributed by atoms with Crippen LogP contribution in [0.25, 0.3) is 0 Å². The molecule has 1 atom stereocenters. The number of rotatable bonds is 4. The molecule has 0 aromatic heterocycles. The maximum atomic E-state index is 10.8. The van der Waals surface area contributed by atoms with Crippen LogP contribution in [-0.4, -0.2) is 17.9 Å². The van der Waals surface area contributed by atoms with Crippen molar-refractivity contribution in [2.45, 2.75) is 33.3 Å². The van der Waals surface area contributed by atoms with Gasteiger partial charge in [0.2, 0.25) is 0 Å². The molecule has 0 heterocycles. The van der Waals surface area contributed by atoms with Crippen LogP contribution in [0.4, 0.5) is 0 Å². The van der Waals surface area contributed by atoms with Gasteiger partial charge in [-0.2, -0.15) is 0 Å². The third kappa shape index (κ3) is 3.32. The fourth-order valence-electron chi connectivity index (χ4n) is 0.828. The largest absolute Gasteiger partial charge is 0.458 e. The van der Waals surface area contributed by atoms with Crippen LogP contribution in [0.3, 0.4) is 0 Å². The lowest BCUT2D eigenvalue weighted by molar-refractivity contribution is -0.145. The van der Waals surface area contributed by atoms with Crippen molar-refractivity contribution in [2.24, 2.45) is 0 Å². The van der Waals surface area contributed by atoms with Crippen LogP contribution in [0.15, 0.2) is 12.2 Å². The molecule has 3 heteroatoms. The zero-order valence-corrected chi connectivity index (χ0v) is 7.72. The summed E-state index contributed by atoms with van der Waals surface area (Å²) in [6.45, 7) is 8.11. The predicted molar refractivity (Wildman–Crippen MR) is 45.7 cm³/mol. The Bertz CT molecular complexity index is 206. The Morgan fingerprint density at radius 3 is 2.17 bits per heavy atom. The van der Waals surface area contributed by atoms with E-state index in [9.17, 15) is 9.59 Å². The van der Waals surface area contributed by atoms with Crippen molar-refractivity contribution in [3.8, 4) is 0 Å². The molecule has 0 aliphatic heterocycles. The fourth-order valence-corrected chi connectivity index (χ4v) is 0.828. The molecule has 0 fully saturated rings. The van der Waals surface area contributed by atoms with E-state index in [-0.39, 0.29) is 11.8 Å². The monoisotopic (exact) mass is 170 g/mol. The summed E-state index contributed by atoms with van der Waals surface area (Å²) in [6.07, 6.45) is 0.123. The first-order valence-corrected chi connectivity index (χ1v) is 3.86. The van der Waals surface area contributed by atoms with Gasteiger partial charge in [0, 0.05) is 12.5 Å². The number of ether oxygens (including phenoxy) is 1. The minimum atomic E-state index is -0.458. The highest BCUT2D eigenvalue weighted by Gasteiger charge is 2.16. The molecule has 0 aliphatic carbocycles. The molecule has 1 unspecified atom stereocenters. The van der Waals surface area contributed by atoms with Gasteiger partial charge in [0.05, 0.1) is 0 Å². The lowest BCUT2D eigenvalue weighted by Crippen LogP contribution is -2.21. The van der Waals surface area contributed by atoms with Gasteiger partial charge in [-0.3, -0.25) is 9.59 Å². The summed E-state index contributed by atoms with van der Waals surface area (Å²) < 4.78 is 4.86. The van der Waals surface area contributed by atoms with Crippen LogP contribution in [0, 0.1) is 0 Å². The van der Waals surface area contributed by atoms with Crippen molar-refractivity contribution in [1.29, 1.82) is 0 Å². The molecule has 12 heavy (non-hydrogen) atoms. The molecular formula is C9H14O3. The quantitative estimate of drug-likeness (QED) is 0.474. The first-order chi connectivity index (χ1) is 5.49. The molecule has 0 spiro atoms. The maximum absolute atomic E-state index is 10.8. The Hall–Kier alpha value is -1.12. The van der Waals surface area contributed by atoms with E-state index < -0.39 is 6.10 Å². The van der Waals surface area contributed by atoms with Gasteiger partial charge in [-0.05, 0) is 13.3 Å². The first kappa shape index (κ1) is 10.9. The Balaban J connectivity index is 4.24. The van der Waals surface area contributed by atoms with Crippen LogP contribution < -0.4 is 0 Å². The summed E-state index contributed by atoms with van der Waals surface area (Å²) >= 11 is 0. The lowest BCUT2D eigenvalue weighted by atomic mass is 10.1. The second-order valence-corrected chi connectivity index (χ2v) is 2.59. The van der Waals surface area contributed by atoms with E-state index in [0.717, 1.165) is 0 Å². The summed E-state index contributed by atoms with van der Waals surface area (Å²) in [5.74, 6) is -0.521. The van der Waals surface area contributed by atoms with Gasteiger partial charge in [-0.1, -0.05) is 13.5 Å². The van der Waals surface area contributed by atoms with Gasteiger partial charge in [-0.15, -0.1) is 0 Å². The van der Waals surface area contributed by atoms with Crippen molar-refractivity contribution in [3.63, 3.8) is 0 Å². The molecule has 0 saturated heterocycles. The second-order valence-electron chi connectivity index (χ2n) is 2.59. The highest BCUT2D eigenvalue weighted by molar-refractivity contribution is 5.93. The van der Waals surface area contributed by atoms with Gasteiger partial charge in [0.15, 0.2) is 5.78 Å². The van der Waals surface area contributed by atoms with Gasteiger partial charge < -0.3 is 4.74 Å². The van der Waals surface area contributed by atoms with Crippen LogP contribution in [0.5, 0.6) is 0 Å². The second kappa shape index (κ2) is 4.70. The molecule has 0 aliphatic rings. The highest BCUT2D eigenvalue weighted by atomic mass is 16.5. The van der Waals surface area contributed by atoms with Crippen molar-refractivity contribution >= 4 is 11.8 Å². The van der Waals surface area contributed by atoms with Gasteiger partial charge in [-0.25, -0.2) is 0 Å². The molecule has 0 rings (SSSR count). The van der Waals surface area contributed by atoms with Gasteiger partial charge in [0.1, 0.15) is 6.10 Å². The normalized spacial score (nSPS) is 11.9. The summed E-state index contributed by atoms with van der Waals surface area (Å²) in [7, 11) is 0. The van der Waals surface area contributed by atoms with E-state index in [1.807, 2.05) is 6.92 Å². The number of hydrogen-bond acceptors (Lipinski definition) is 3. The van der Waals surface area contributed by atoms with Crippen LogP contribution in [-0.2, 0) is 14.3 Å². The molecule has 0 aromatic carbocycles. The molecule has 68 valence electrons. The average molecular weight is 170 g/mol. The zero-order chi connectivity index (χ0) is 9.72. The number of esters is 1. The Morgan fingerprint density at radius 1 is 1.42 bits per heavy atom. The van der Waals surface area contributed by atoms with Crippen molar-refractivity contribution in [3.05, 3.63) is 12.2 Å². The lowest BCUT2D eigenvalue weighted by Gasteiger charge is -2.15. The van der Waals surface area contributed by atoms with Crippen molar-refractivity contribution in [2.75, 3.05) is 0 Å². The number of carbonyl (C=O) groups is 2. The predicted octanol–water partition coefficient (Wildman–Crippen LogP) is 1.47. The SMILES string of the molecule is C=C(C(C)=O)C(CC)OC(C)=O. The Labute approximate surface area is 72.4 Å². The fraction of sp³-hybridized carbons (Fsp3) is 0.556. The van der Waals surface area contributed by atoms with Crippen molar-refractivity contribution < 1.29 is 14.3 Å². The van der Waals surface area contributed by atoms with Crippen molar-refractivity contribution in [1.82, 2.24) is 0 Å². The molecule has 0 N–H and O–H groups in total. The van der Waals surface area contributed by atoms with E-state index in [2.05, 4.69) is 6.58 Å². The van der Waals surface area contributed by atoms with E-state index >= 15 is 0 Å². The molecule has 0 amide bonds. The minimum Gasteiger partial charge on any atom is -0.458 e. The van der Waals surface area contributed by atoms with E-state index in [1.54, 1.807) is 0 Å². The van der Waals surface area contributed by atoms with E-state index in [4.69, 9.17) is 4.74 Å². The number of Topliss-reactive ketones (excluding diaryl/α,β-unsaturated/α-hetero) is 1. The summed E-state index contributed by atoms with van der Waals surface area (Å²) in [5, 5.41) is 0. The topological polar surface area (TPSA) is 43.4 Å². The standard InChI is InChI=1S/C9H14O3/c1-5-9(12-8(4)11)6(2)7(3)10/h9H,2,5H2,1,3-4H3. The van der Waals surface area contributed by atoms with Crippen LogP contribution in [0.2, 0.25) is 0 Å². The molecule has 3 nitrogen and oxygen atoms in total. The van der Waals surface area contributed by atoms with Gasteiger partial charge >= 0.3 is 5.97 Å². The third-order valence-corrected chi connectivity index (χ3v) is 1.52. The zero-order valence-electron chi connectivity index (χ0n) is 7.72. The average Bonchev–Trinajstić information content (AvgIpc) is 1.98. The summed E-state index contributed by atoms with van der Waals surface area (Å²) in [4.78, 5) is 21.4. The summed E-state index contributed by atoms with van der Waals surface area (Å²) in [5.41, 5.74) is 0.354. The molecular weight excluding hydrogens is 156 g/mol. The Kier molecular flexibility index (Phi) is 4.26. The first-order valence-electron chi connectivity index (χ1n) is 3.86. The molecule has 0 radical (unpaired) electrons. The maximum Gasteiger partial charge on any atom is 0.303 e.